The van der Waals surface area contributed by atoms with Crippen LogP contribution in [-0.4, -0.2) is 9.55 Å². The molecule has 2 N–H and O–H groups in total. The lowest BCUT2D eigenvalue weighted by Gasteiger charge is -2.13. The van der Waals surface area contributed by atoms with Crippen molar-refractivity contribution in [2.45, 2.75) is 26.3 Å². The van der Waals surface area contributed by atoms with Gasteiger partial charge in [0.2, 0.25) is 5.95 Å². The summed E-state index contributed by atoms with van der Waals surface area (Å²) in [5.41, 5.74) is 7.61. The van der Waals surface area contributed by atoms with E-state index >= 15 is 0 Å². The largest absolute Gasteiger partial charge is 0.369 e. The standard InChI is InChI=1S/C11H13Cl2N3/c1-3-6(2)16-10-5-8(13)7(12)4-9(10)15-11(16)14/h4-6H,3H2,1-2H3,(H2,14,15). The number of imidazole rings is 1. The second kappa shape index (κ2) is 4.15. The predicted molar refractivity (Wildman–Crippen MR) is 69.2 cm³/mol. The summed E-state index contributed by atoms with van der Waals surface area (Å²) in [4.78, 5) is 4.28. The number of nitrogen functional groups attached to an aromatic ring is 1. The van der Waals surface area contributed by atoms with Gasteiger partial charge < -0.3 is 10.3 Å². The number of nitrogens with two attached hydrogens (primary N) is 1. The zero-order valence-corrected chi connectivity index (χ0v) is 10.7. The summed E-state index contributed by atoms with van der Waals surface area (Å²) in [6, 6.07) is 3.85. The van der Waals surface area contributed by atoms with Gasteiger partial charge in [0.25, 0.3) is 0 Å². The van der Waals surface area contributed by atoms with E-state index < -0.39 is 0 Å². The van der Waals surface area contributed by atoms with E-state index in [1.165, 1.54) is 0 Å². The number of anilines is 1. The molecule has 0 amide bonds. The first-order valence-corrected chi connectivity index (χ1v) is 5.92. The average molecular weight is 258 g/mol. The summed E-state index contributed by atoms with van der Waals surface area (Å²) >= 11 is 11.9. The van der Waals surface area contributed by atoms with E-state index in [4.69, 9.17) is 28.9 Å². The van der Waals surface area contributed by atoms with Gasteiger partial charge >= 0.3 is 0 Å². The Morgan fingerprint density at radius 2 is 2.00 bits per heavy atom. The second-order valence-electron chi connectivity index (χ2n) is 3.85. The molecule has 2 aromatic rings. The van der Waals surface area contributed by atoms with Crippen LogP contribution < -0.4 is 5.73 Å². The SMILES string of the molecule is CCC(C)n1c(N)nc2cc(Cl)c(Cl)cc21. The van der Waals surface area contributed by atoms with Crippen LogP contribution in [0, 0.1) is 0 Å². The Labute approximate surface area is 104 Å². The molecular formula is C11H13Cl2N3. The first kappa shape index (κ1) is 11.6. The van der Waals surface area contributed by atoms with E-state index in [2.05, 4.69) is 18.8 Å². The van der Waals surface area contributed by atoms with Gasteiger partial charge in [0.05, 0.1) is 21.1 Å². The lowest BCUT2D eigenvalue weighted by atomic mass is 10.2. The van der Waals surface area contributed by atoms with Gasteiger partial charge in [-0.1, -0.05) is 30.1 Å². The molecule has 0 radical (unpaired) electrons. The van der Waals surface area contributed by atoms with Gasteiger partial charge in [-0.05, 0) is 25.5 Å². The summed E-state index contributed by atoms with van der Waals surface area (Å²) in [7, 11) is 0. The highest BCUT2D eigenvalue weighted by molar-refractivity contribution is 6.42. The van der Waals surface area contributed by atoms with E-state index in [0.29, 0.717) is 22.0 Å². The van der Waals surface area contributed by atoms with Crippen LogP contribution in [0.1, 0.15) is 26.3 Å². The molecule has 0 aliphatic heterocycles. The van der Waals surface area contributed by atoms with Crippen molar-refractivity contribution in [2.75, 3.05) is 5.73 Å². The van der Waals surface area contributed by atoms with Crippen molar-refractivity contribution in [2.24, 2.45) is 0 Å². The number of nitrogens with zero attached hydrogens (tertiary/aromatic N) is 2. The zero-order chi connectivity index (χ0) is 11.9. The number of fused-ring (bicyclic) bond motifs is 1. The molecule has 5 heteroatoms. The van der Waals surface area contributed by atoms with Gasteiger partial charge in [-0.15, -0.1) is 0 Å². The van der Waals surface area contributed by atoms with E-state index in [-0.39, 0.29) is 0 Å². The van der Waals surface area contributed by atoms with Crippen molar-refractivity contribution in [1.82, 2.24) is 9.55 Å². The van der Waals surface area contributed by atoms with E-state index in [1.807, 2.05) is 10.6 Å². The highest BCUT2D eigenvalue weighted by atomic mass is 35.5. The smallest absolute Gasteiger partial charge is 0.201 e. The molecule has 0 saturated carbocycles. The van der Waals surface area contributed by atoms with Crippen LogP contribution in [0.25, 0.3) is 11.0 Å². The lowest BCUT2D eigenvalue weighted by Crippen LogP contribution is -2.07. The normalized spacial score (nSPS) is 13.2. The molecule has 1 aromatic carbocycles. The Morgan fingerprint density at radius 1 is 1.38 bits per heavy atom. The Hall–Kier alpha value is -0.930. The van der Waals surface area contributed by atoms with Crippen molar-refractivity contribution in [1.29, 1.82) is 0 Å². The van der Waals surface area contributed by atoms with Gasteiger partial charge in [-0.2, -0.15) is 0 Å². The molecule has 0 spiro atoms. The van der Waals surface area contributed by atoms with Crippen molar-refractivity contribution in [3.63, 3.8) is 0 Å². The molecule has 0 aliphatic rings. The summed E-state index contributed by atoms with van der Waals surface area (Å²) < 4.78 is 1.98. The Balaban J connectivity index is 2.73. The molecule has 1 heterocycles. The number of halogens is 2. The fourth-order valence-corrected chi connectivity index (χ4v) is 2.07. The maximum Gasteiger partial charge on any atom is 0.201 e. The second-order valence-corrected chi connectivity index (χ2v) is 4.67. The zero-order valence-electron chi connectivity index (χ0n) is 9.17. The predicted octanol–water partition coefficient (Wildman–Crippen LogP) is 3.90. The molecule has 0 bridgehead atoms. The van der Waals surface area contributed by atoms with Gasteiger partial charge in [-0.3, -0.25) is 0 Å². The van der Waals surface area contributed by atoms with E-state index in [9.17, 15) is 0 Å². The summed E-state index contributed by atoms with van der Waals surface area (Å²) in [6.45, 7) is 4.20. The van der Waals surface area contributed by atoms with Crippen LogP contribution >= 0.6 is 23.2 Å². The minimum absolute atomic E-state index is 0.294. The molecule has 0 saturated heterocycles. The van der Waals surface area contributed by atoms with Gasteiger partial charge in [0, 0.05) is 6.04 Å². The fraction of sp³-hybridized carbons (Fsp3) is 0.364. The monoisotopic (exact) mass is 257 g/mol. The third-order valence-corrected chi connectivity index (χ3v) is 3.51. The van der Waals surface area contributed by atoms with Crippen molar-refractivity contribution < 1.29 is 0 Å². The molecule has 86 valence electrons. The quantitative estimate of drug-likeness (QED) is 0.887. The van der Waals surface area contributed by atoms with E-state index in [1.54, 1.807) is 6.07 Å². The Kier molecular flexibility index (Phi) is 3.00. The molecule has 0 aliphatic carbocycles. The van der Waals surface area contributed by atoms with Crippen LogP contribution in [-0.2, 0) is 0 Å². The average Bonchev–Trinajstić information content (AvgIpc) is 2.54. The molecule has 1 unspecified atom stereocenters. The molecule has 3 nitrogen and oxygen atoms in total. The number of benzene rings is 1. The molecule has 16 heavy (non-hydrogen) atoms. The third-order valence-electron chi connectivity index (χ3n) is 2.79. The van der Waals surface area contributed by atoms with E-state index in [0.717, 1.165) is 17.5 Å². The number of rotatable bonds is 2. The lowest BCUT2D eigenvalue weighted by molar-refractivity contribution is 0.552. The van der Waals surface area contributed by atoms with Crippen LogP contribution in [0.5, 0.6) is 0 Å². The summed E-state index contributed by atoms with van der Waals surface area (Å²) in [6.07, 6.45) is 0.982. The molecule has 0 fully saturated rings. The van der Waals surface area contributed by atoms with Gasteiger partial charge in [0.1, 0.15) is 0 Å². The summed E-state index contributed by atoms with van der Waals surface area (Å²) in [5.74, 6) is 0.502. The minimum atomic E-state index is 0.294. The minimum Gasteiger partial charge on any atom is -0.369 e. The molecular weight excluding hydrogens is 245 g/mol. The Bertz CT molecular complexity index is 533. The topological polar surface area (TPSA) is 43.8 Å². The number of hydrogen-bond donors (Lipinski definition) is 1. The number of hydrogen-bond acceptors (Lipinski definition) is 2. The van der Waals surface area contributed by atoms with Crippen molar-refractivity contribution in [3.05, 3.63) is 22.2 Å². The maximum absolute atomic E-state index is 6.00. The Morgan fingerprint density at radius 3 is 2.62 bits per heavy atom. The van der Waals surface area contributed by atoms with Crippen molar-refractivity contribution >= 4 is 40.2 Å². The molecule has 2 rings (SSSR count). The fourth-order valence-electron chi connectivity index (χ4n) is 1.75. The van der Waals surface area contributed by atoms with Crippen molar-refractivity contribution in [3.8, 4) is 0 Å². The van der Waals surface area contributed by atoms with Crippen LogP contribution in [0.3, 0.4) is 0 Å². The van der Waals surface area contributed by atoms with Gasteiger partial charge in [-0.25, -0.2) is 4.98 Å². The first-order chi connectivity index (χ1) is 7.54. The highest BCUT2D eigenvalue weighted by Crippen LogP contribution is 2.31. The van der Waals surface area contributed by atoms with Crippen LogP contribution in [0.4, 0.5) is 5.95 Å². The number of aromatic nitrogens is 2. The highest BCUT2D eigenvalue weighted by Gasteiger charge is 2.14. The maximum atomic E-state index is 6.00. The van der Waals surface area contributed by atoms with Gasteiger partial charge in [0.15, 0.2) is 0 Å². The molecule has 1 atom stereocenters. The third kappa shape index (κ3) is 1.74. The van der Waals surface area contributed by atoms with Crippen LogP contribution in [0.2, 0.25) is 10.0 Å². The molecule has 1 aromatic heterocycles. The van der Waals surface area contributed by atoms with Crippen LogP contribution in [0.15, 0.2) is 12.1 Å². The first-order valence-electron chi connectivity index (χ1n) is 5.17. The summed E-state index contributed by atoms with van der Waals surface area (Å²) in [5, 5.41) is 1.03.